The van der Waals surface area contributed by atoms with Gasteiger partial charge in [0.15, 0.2) is 0 Å². The standard InChI is InChI=1S/C24H30N4O2/c1-30-23-10-3-2-9-22(23)27-16-14-26(15-17-27)12-7-5-11-25-24(29)20-18-21-8-4-6-13-28(21)19-20/h2-4,6,8-10,13,18-19H,5,7,11-12,14-17H2,1H3,(H,25,29). The average Bonchev–Trinajstić information content (AvgIpc) is 3.24. The van der Waals surface area contributed by atoms with Crippen molar-refractivity contribution in [3.05, 3.63) is 66.5 Å². The molecule has 0 atom stereocenters. The molecule has 6 heteroatoms. The van der Waals surface area contributed by atoms with Gasteiger partial charge in [-0.25, -0.2) is 0 Å². The summed E-state index contributed by atoms with van der Waals surface area (Å²) in [5.74, 6) is 0.946. The second kappa shape index (κ2) is 9.67. The Balaban J connectivity index is 1.15. The van der Waals surface area contributed by atoms with Crippen molar-refractivity contribution in [2.45, 2.75) is 12.8 Å². The highest BCUT2D eigenvalue weighted by atomic mass is 16.5. The molecule has 1 aliphatic rings. The molecular weight excluding hydrogens is 376 g/mol. The third kappa shape index (κ3) is 4.76. The Morgan fingerprint density at radius 1 is 1.03 bits per heavy atom. The molecule has 0 spiro atoms. The first kappa shape index (κ1) is 20.3. The molecule has 0 aliphatic carbocycles. The number of piperazine rings is 1. The van der Waals surface area contributed by atoms with Crippen LogP contribution in [-0.2, 0) is 0 Å². The van der Waals surface area contributed by atoms with E-state index in [0.717, 1.165) is 56.8 Å². The van der Waals surface area contributed by atoms with Crippen molar-refractivity contribution in [3.8, 4) is 5.75 Å². The average molecular weight is 407 g/mol. The van der Waals surface area contributed by atoms with Gasteiger partial charge in [0, 0.05) is 50.6 Å². The molecule has 2 aromatic heterocycles. The topological polar surface area (TPSA) is 49.2 Å². The van der Waals surface area contributed by atoms with Crippen LogP contribution in [0.1, 0.15) is 23.2 Å². The number of nitrogens with one attached hydrogen (secondary N) is 1. The smallest absolute Gasteiger partial charge is 0.252 e. The lowest BCUT2D eigenvalue weighted by molar-refractivity contribution is 0.0952. The third-order valence-electron chi connectivity index (χ3n) is 5.75. The number of nitrogens with zero attached hydrogens (tertiary/aromatic N) is 3. The van der Waals surface area contributed by atoms with Crippen LogP contribution in [0.4, 0.5) is 5.69 Å². The summed E-state index contributed by atoms with van der Waals surface area (Å²) in [6.07, 6.45) is 5.92. The number of unbranched alkanes of at least 4 members (excludes halogenated alkanes) is 1. The molecule has 1 aromatic carbocycles. The number of amides is 1. The lowest BCUT2D eigenvalue weighted by Crippen LogP contribution is -2.46. The van der Waals surface area contributed by atoms with Gasteiger partial charge in [-0.2, -0.15) is 0 Å². The summed E-state index contributed by atoms with van der Waals surface area (Å²) in [6, 6.07) is 16.1. The molecule has 6 nitrogen and oxygen atoms in total. The molecule has 0 saturated carbocycles. The number of para-hydroxylation sites is 2. The van der Waals surface area contributed by atoms with Crippen LogP contribution >= 0.6 is 0 Å². The van der Waals surface area contributed by atoms with Crippen LogP contribution in [0.3, 0.4) is 0 Å². The second-order valence-electron chi connectivity index (χ2n) is 7.73. The van der Waals surface area contributed by atoms with Crippen molar-refractivity contribution in [1.82, 2.24) is 14.6 Å². The zero-order valence-corrected chi connectivity index (χ0v) is 17.6. The Hall–Kier alpha value is -2.99. The van der Waals surface area contributed by atoms with Gasteiger partial charge in [-0.15, -0.1) is 0 Å². The van der Waals surface area contributed by atoms with Crippen molar-refractivity contribution in [2.24, 2.45) is 0 Å². The Bertz CT molecular complexity index is 943. The van der Waals surface area contributed by atoms with E-state index in [0.29, 0.717) is 12.1 Å². The fraction of sp³-hybridized carbons (Fsp3) is 0.375. The number of aromatic nitrogens is 1. The van der Waals surface area contributed by atoms with Gasteiger partial charge < -0.3 is 19.4 Å². The first-order valence-corrected chi connectivity index (χ1v) is 10.7. The van der Waals surface area contributed by atoms with Crippen molar-refractivity contribution in [2.75, 3.05) is 51.3 Å². The number of hydrogen-bond donors (Lipinski definition) is 1. The predicted octanol–water partition coefficient (Wildman–Crippen LogP) is 3.28. The van der Waals surface area contributed by atoms with E-state index >= 15 is 0 Å². The predicted molar refractivity (Wildman–Crippen MR) is 121 cm³/mol. The van der Waals surface area contributed by atoms with Gasteiger partial charge in [0.2, 0.25) is 0 Å². The van der Waals surface area contributed by atoms with E-state index in [1.54, 1.807) is 7.11 Å². The van der Waals surface area contributed by atoms with Crippen LogP contribution in [0.5, 0.6) is 5.75 Å². The Morgan fingerprint density at radius 3 is 2.63 bits per heavy atom. The molecule has 1 aliphatic heterocycles. The van der Waals surface area contributed by atoms with Gasteiger partial charge in [-0.1, -0.05) is 18.2 Å². The van der Waals surface area contributed by atoms with Gasteiger partial charge in [0.05, 0.1) is 18.4 Å². The van der Waals surface area contributed by atoms with E-state index in [9.17, 15) is 4.79 Å². The van der Waals surface area contributed by atoms with Gasteiger partial charge in [0.25, 0.3) is 5.91 Å². The number of rotatable bonds is 8. The summed E-state index contributed by atoms with van der Waals surface area (Å²) in [4.78, 5) is 17.3. The molecule has 1 amide bonds. The van der Waals surface area contributed by atoms with E-state index in [1.165, 1.54) is 5.69 Å². The number of anilines is 1. The molecular formula is C24H30N4O2. The van der Waals surface area contributed by atoms with E-state index in [4.69, 9.17) is 4.74 Å². The van der Waals surface area contributed by atoms with Crippen molar-refractivity contribution in [1.29, 1.82) is 0 Å². The maximum absolute atomic E-state index is 12.4. The number of carbonyl (C=O) groups is 1. The van der Waals surface area contributed by atoms with Crippen LogP contribution in [0.2, 0.25) is 0 Å². The summed E-state index contributed by atoms with van der Waals surface area (Å²) in [5, 5.41) is 3.05. The minimum atomic E-state index is 0.00382. The summed E-state index contributed by atoms with van der Waals surface area (Å²) < 4.78 is 7.47. The van der Waals surface area contributed by atoms with Gasteiger partial charge in [-0.3, -0.25) is 9.69 Å². The first-order chi connectivity index (χ1) is 14.7. The number of ether oxygens (including phenoxy) is 1. The molecule has 30 heavy (non-hydrogen) atoms. The van der Waals surface area contributed by atoms with Gasteiger partial charge in [-0.05, 0) is 49.7 Å². The number of methoxy groups -OCH3 is 1. The SMILES string of the molecule is COc1ccccc1N1CCN(CCCCNC(=O)c2cc3ccccn3c2)CC1. The monoisotopic (exact) mass is 406 g/mol. The molecule has 4 rings (SSSR count). The third-order valence-corrected chi connectivity index (χ3v) is 5.75. The fourth-order valence-electron chi connectivity index (χ4n) is 4.05. The largest absolute Gasteiger partial charge is 0.495 e. The minimum absolute atomic E-state index is 0.00382. The number of fused-ring (bicyclic) bond motifs is 1. The van der Waals surface area contributed by atoms with Crippen LogP contribution in [-0.4, -0.2) is 61.6 Å². The van der Waals surface area contributed by atoms with Crippen LogP contribution < -0.4 is 15.0 Å². The normalized spacial score (nSPS) is 14.8. The lowest BCUT2D eigenvalue weighted by atomic mass is 10.2. The quantitative estimate of drug-likeness (QED) is 0.584. The van der Waals surface area contributed by atoms with Crippen molar-refractivity contribution >= 4 is 17.1 Å². The molecule has 1 fully saturated rings. The lowest BCUT2D eigenvalue weighted by Gasteiger charge is -2.36. The van der Waals surface area contributed by atoms with Crippen LogP contribution in [0.15, 0.2) is 60.9 Å². The number of hydrogen-bond acceptors (Lipinski definition) is 4. The Kier molecular flexibility index (Phi) is 6.54. The fourth-order valence-corrected chi connectivity index (χ4v) is 4.05. The molecule has 158 valence electrons. The summed E-state index contributed by atoms with van der Waals surface area (Å²) in [7, 11) is 1.73. The highest BCUT2D eigenvalue weighted by Crippen LogP contribution is 2.28. The Labute approximate surface area is 178 Å². The number of benzene rings is 1. The molecule has 3 aromatic rings. The molecule has 1 N–H and O–H groups in total. The molecule has 0 radical (unpaired) electrons. The molecule has 3 heterocycles. The zero-order chi connectivity index (χ0) is 20.8. The number of carbonyl (C=O) groups excluding carboxylic acids is 1. The maximum atomic E-state index is 12.4. The highest BCUT2D eigenvalue weighted by molar-refractivity contribution is 5.95. The zero-order valence-electron chi connectivity index (χ0n) is 17.6. The van der Waals surface area contributed by atoms with Crippen molar-refractivity contribution < 1.29 is 9.53 Å². The van der Waals surface area contributed by atoms with Crippen molar-refractivity contribution in [3.63, 3.8) is 0 Å². The summed E-state index contributed by atoms with van der Waals surface area (Å²) in [6.45, 7) is 5.93. The van der Waals surface area contributed by atoms with Crippen LogP contribution in [0, 0.1) is 0 Å². The van der Waals surface area contributed by atoms with E-state index < -0.39 is 0 Å². The molecule has 1 saturated heterocycles. The van der Waals surface area contributed by atoms with Crippen LogP contribution in [0.25, 0.3) is 5.52 Å². The van der Waals surface area contributed by atoms with E-state index in [1.807, 2.05) is 53.2 Å². The number of pyridine rings is 1. The first-order valence-electron chi connectivity index (χ1n) is 10.7. The summed E-state index contributed by atoms with van der Waals surface area (Å²) in [5.41, 5.74) is 2.93. The minimum Gasteiger partial charge on any atom is -0.495 e. The Morgan fingerprint density at radius 2 is 1.83 bits per heavy atom. The van der Waals surface area contributed by atoms with Gasteiger partial charge in [0.1, 0.15) is 5.75 Å². The van der Waals surface area contributed by atoms with Gasteiger partial charge >= 0.3 is 0 Å². The molecule has 0 bridgehead atoms. The molecule has 0 unspecified atom stereocenters. The summed E-state index contributed by atoms with van der Waals surface area (Å²) >= 11 is 0. The maximum Gasteiger partial charge on any atom is 0.252 e. The second-order valence-corrected chi connectivity index (χ2v) is 7.73. The van der Waals surface area contributed by atoms with E-state index in [2.05, 4.69) is 27.2 Å². The highest BCUT2D eigenvalue weighted by Gasteiger charge is 2.19. The van der Waals surface area contributed by atoms with E-state index in [-0.39, 0.29) is 5.91 Å².